The van der Waals surface area contributed by atoms with Crippen molar-refractivity contribution in [3.8, 4) is 23.0 Å². The molecule has 32 heavy (non-hydrogen) atoms. The van der Waals surface area contributed by atoms with E-state index in [9.17, 15) is 0 Å². The van der Waals surface area contributed by atoms with Crippen molar-refractivity contribution >= 4 is 36.4 Å². The fraction of sp³-hybridized carbons (Fsp3) is 0.261. The van der Waals surface area contributed by atoms with E-state index in [1.165, 1.54) is 0 Å². The highest BCUT2D eigenvalue weighted by atomic mass is 35.5. The number of halogens is 3. The summed E-state index contributed by atoms with van der Waals surface area (Å²) >= 11 is 5.83. The van der Waals surface area contributed by atoms with Crippen LogP contribution in [0.15, 0.2) is 54.7 Å². The minimum Gasteiger partial charge on any atom is -0.490 e. The van der Waals surface area contributed by atoms with Crippen LogP contribution in [0.3, 0.4) is 0 Å². The number of rotatable bonds is 9. The van der Waals surface area contributed by atoms with Crippen molar-refractivity contribution in [2.45, 2.75) is 26.6 Å². The van der Waals surface area contributed by atoms with Gasteiger partial charge in [0.05, 0.1) is 6.61 Å². The van der Waals surface area contributed by atoms with E-state index in [2.05, 4.69) is 10.3 Å². The van der Waals surface area contributed by atoms with Crippen molar-refractivity contribution in [2.24, 2.45) is 0 Å². The second-order valence-electron chi connectivity index (χ2n) is 6.78. The molecule has 172 valence electrons. The van der Waals surface area contributed by atoms with E-state index in [0.717, 1.165) is 40.5 Å². The number of ether oxygens (including phenoxy) is 4. The van der Waals surface area contributed by atoms with Crippen molar-refractivity contribution in [2.75, 3.05) is 13.4 Å². The molecule has 1 aliphatic rings. The Morgan fingerprint density at radius 1 is 0.875 bits per heavy atom. The van der Waals surface area contributed by atoms with Crippen LogP contribution in [0.4, 0.5) is 0 Å². The lowest BCUT2D eigenvalue weighted by atomic mass is 10.1. The molecule has 0 fully saturated rings. The molecule has 0 spiro atoms. The van der Waals surface area contributed by atoms with Gasteiger partial charge >= 0.3 is 0 Å². The van der Waals surface area contributed by atoms with E-state index < -0.39 is 0 Å². The van der Waals surface area contributed by atoms with E-state index in [1.54, 1.807) is 12.3 Å². The third-order valence-electron chi connectivity index (χ3n) is 4.59. The number of hydrogen-bond donors (Lipinski definition) is 1. The van der Waals surface area contributed by atoms with Crippen LogP contribution >= 0.6 is 36.4 Å². The first-order valence-corrected chi connectivity index (χ1v) is 10.2. The molecule has 3 aromatic rings. The van der Waals surface area contributed by atoms with Gasteiger partial charge in [-0.3, -0.25) is 0 Å². The monoisotopic (exact) mass is 498 g/mol. The standard InChI is InChI=1S/C23H23ClN2O4.2ClH/c1-2-27-21-9-16(3-6-19(21)28-14-18-5-8-23(24)26-13-18)11-25-12-17-4-7-20-22(10-17)30-15-29-20;;/h3-10,13,25H,2,11-12,14-15H2,1H3;2*1H. The normalized spacial score (nSPS) is 11.3. The second-order valence-corrected chi connectivity index (χ2v) is 7.17. The van der Waals surface area contributed by atoms with Crippen molar-refractivity contribution in [1.29, 1.82) is 0 Å². The van der Waals surface area contributed by atoms with Crippen molar-refractivity contribution in [3.63, 3.8) is 0 Å². The lowest BCUT2D eigenvalue weighted by molar-refractivity contribution is 0.174. The smallest absolute Gasteiger partial charge is 0.231 e. The molecule has 0 radical (unpaired) electrons. The third kappa shape index (κ3) is 6.81. The van der Waals surface area contributed by atoms with Crippen LogP contribution in [0.5, 0.6) is 23.0 Å². The summed E-state index contributed by atoms with van der Waals surface area (Å²) in [5.74, 6) is 3.02. The number of fused-ring (bicyclic) bond motifs is 1. The Kier molecular flexibility index (Phi) is 10.2. The third-order valence-corrected chi connectivity index (χ3v) is 4.81. The molecule has 0 aliphatic carbocycles. The highest BCUT2D eigenvalue weighted by Crippen LogP contribution is 2.32. The lowest BCUT2D eigenvalue weighted by Crippen LogP contribution is -2.13. The maximum absolute atomic E-state index is 5.93. The van der Waals surface area contributed by atoms with Gasteiger partial charge in [0, 0.05) is 24.8 Å². The van der Waals surface area contributed by atoms with Gasteiger partial charge in [-0.25, -0.2) is 4.98 Å². The first kappa shape index (κ1) is 25.9. The summed E-state index contributed by atoms with van der Waals surface area (Å²) in [5.41, 5.74) is 3.19. The Labute approximate surface area is 205 Å². The minimum absolute atomic E-state index is 0. The number of benzene rings is 2. The summed E-state index contributed by atoms with van der Waals surface area (Å²) in [4.78, 5) is 4.07. The molecule has 2 heterocycles. The summed E-state index contributed by atoms with van der Waals surface area (Å²) in [5, 5.41) is 3.91. The molecule has 4 rings (SSSR count). The van der Waals surface area contributed by atoms with Crippen molar-refractivity contribution < 1.29 is 18.9 Å². The van der Waals surface area contributed by atoms with Gasteiger partial charge in [-0.1, -0.05) is 29.8 Å². The van der Waals surface area contributed by atoms with Crippen LogP contribution in [0, 0.1) is 0 Å². The fourth-order valence-electron chi connectivity index (χ4n) is 3.10. The predicted octanol–water partition coefficient (Wildman–Crippen LogP) is 5.57. The number of nitrogens with zero attached hydrogens (tertiary/aromatic N) is 1. The molecule has 9 heteroatoms. The molecular weight excluding hydrogens is 475 g/mol. The molecule has 6 nitrogen and oxygen atoms in total. The number of aromatic nitrogens is 1. The first-order chi connectivity index (χ1) is 14.7. The maximum atomic E-state index is 5.93. The highest BCUT2D eigenvalue weighted by Gasteiger charge is 2.13. The number of hydrogen-bond acceptors (Lipinski definition) is 6. The zero-order valence-corrected chi connectivity index (χ0v) is 19.9. The zero-order valence-electron chi connectivity index (χ0n) is 17.5. The Balaban J connectivity index is 0.00000181. The molecule has 1 aliphatic heterocycles. The SMILES string of the molecule is CCOc1cc(CNCc2ccc3c(c2)OCO3)ccc1OCc1ccc(Cl)nc1.Cl.Cl. The van der Waals surface area contributed by atoms with Crippen molar-refractivity contribution in [1.82, 2.24) is 10.3 Å². The van der Waals surface area contributed by atoms with E-state index in [1.807, 2.05) is 49.4 Å². The van der Waals surface area contributed by atoms with Gasteiger partial charge in [-0.05, 0) is 48.4 Å². The minimum atomic E-state index is 0. The number of nitrogens with one attached hydrogen (secondary N) is 1. The fourth-order valence-corrected chi connectivity index (χ4v) is 3.22. The summed E-state index contributed by atoms with van der Waals surface area (Å²) < 4.78 is 22.5. The molecule has 0 unspecified atom stereocenters. The van der Waals surface area contributed by atoms with E-state index in [4.69, 9.17) is 30.5 Å². The van der Waals surface area contributed by atoms with Crippen LogP contribution in [0.1, 0.15) is 23.6 Å². The zero-order chi connectivity index (χ0) is 20.8. The maximum Gasteiger partial charge on any atom is 0.231 e. The Bertz CT molecular complexity index is 1000. The summed E-state index contributed by atoms with van der Waals surface area (Å²) in [6, 6.07) is 15.6. The van der Waals surface area contributed by atoms with Crippen LogP contribution in [0.2, 0.25) is 5.15 Å². The quantitative estimate of drug-likeness (QED) is 0.388. The molecule has 0 saturated heterocycles. The molecule has 0 amide bonds. The van der Waals surface area contributed by atoms with Gasteiger partial charge < -0.3 is 24.3 Å². The summed E-state index contributed by atoms with van der Waals surface area (Å²) in [6.07, 6.45) is 1.71. The topological polar surface area (TPSA) is 61.8 Å². The van der Waals surface area contributed by atoms with Gasteiger partial charge in [0.15, 0.2) is 23.0 Å². The second kappa shape index (κ2) is 12.6. The largest absolute Gasteiger partial charge is 0.490 e. The highest BCUT2D eigenvalue weighted by molar-refractivity contribution is 6.29. The van der Waals surface area contributed by atoms with Gasteiger partial charge in [0.25, 0.3) is 0 Å². The van der Waals surface area contributed by atoms with Gasteiger partial charge in [-0.15, -0.1) is 24.8 Å². The Morgan fingerprint density at radius 2 is 1.59 bits per heavy atom. The molecule has 0 atom stereocenters. The average Bonchev–Trinajstić information content (AvgIpc) is 3.22. The van der Waals surface area contributed by atoms with Crippen LogP contribution in [0.25, 0.3) is 0 Å². The molecule has 0 saturated carbocycles. The lowest BCUT2D eigenvalue weighted by Gasteiger charge is -2.14. The molecular formula is C23H25Cl3N2O4. The summed E-state index contributed by atoms with van der Waals surface area (Å²) in [7, 11) is 0. The van der Waals surface area contributed by atoms with E-state index in [0.29, 0.717) is 30.7 Å². The Hall–Kier alpha value is -2.38. The average molecular weight is 500 g/mol. The molecule has 1 N–H and O–H groups in total. The molecule has 0 bridgehead atoms. The molecule has 2 aromatic carbocycles. The Morgan fingerprint density at radius 3 is 2.34 bits per heavy atom. The van der Waals surface area contributed by atoms with Crippen LogP contribution < -0.4 is 24.3 Å². The predicted molar refractivity (Wildman–Crippen MR) is 129 cm³/mol. The van der Waals surface area contributed by atoms with Crippen LogP contribution in [-0.4, -0.2) is 18.4 Å². The van der Waals surface area contributed by atoms with Gasteiger partial charge in [0.2, 0.25) is 6.79 Å². The van der Waals surface area contributed by atoms with E-state index in [-0.39, 0.29) is 31.6 Å². The van der Waals surface area contributed by atoms with Gasteiger partial charge in [0.1, 0.15) is 11.8 Å². The summed E-state index contributed by atoms with van der Waals surface area (Å²) in [6.45, 7) is 4.63. The van der Waals surface area contributed by atoms with Crippen LogP contribution in [-0.2, 0) is 19.7 Å². The first-order valence-electron chi connectivity index (χ1n) is 9.79. The van der Waals surface area contributed by atoms with Gasteiger partial charge in [-0.2, -0.15) is 0 Å². The molecule has 1 aromatic heterocycles. The van der Waals surface area contributed by atoms with E-state index >= 15 is 0 Å². The number of pyridine rings is 1. The van der Waals surface area contributed by atoms with Crippen molar-refractivity contribution in [3.05, 3.63) is 76.6 Å².